The topological polar surface area (TPSA) is 70.1 Å². The molecule has 0 fully saturated rings. The first kappa shape index (κ1) is 15.5. The standard InChI is InChI=1S/C11H17F3N4O/c1-7(4-3-5-19)16-9-6-8(11(12,13)14)17-10(15-2)18-9/h6-7,19H,3-5H2,1-2H3,(H2,15,16,17,18). The summed E-state index contributed by atoms with van der Waals surface area (Å²) in [6, 6.07) is 0.781. The second-order valence-electron chi connectivity index (χ2n) is 4.12. The lowest BCUT2D eigenvalue weighted by Crippen LogP contribution is -2.19. The van der Waals surface area contributed by atoms with Crippen molar-refractivity contribution < 1.29 is 18.3 Å². The lowest BCUT2D eigenvalue weighted by atomic mass is 10.2. The molecule has 1 unspecified atom stereocenters. The van der Waals surface area contributed by atoms with Gasteiger partial charge < -0.3 is 15.7 Å². The summed E-state index contributed by atoms with van der Waals surface area (Å²) in [6.07, 6.45) is -3.31. The summed E-state index contributed by atoms with van der Waals surface area (Å²) >= 11 is 0. The van der Waals surface area contributed by atoms with Crippen LogP contribution in [0.2, 0.25) is 0 Å². The van der Waals surface area contributed by atoms with E-state index >= 15 is 0 Å². The van der Waals surface area contributed by atoms with Gasteiger partial charge in [0.2, 0.25) is 5.95 Å². The van der Waals surface area contributed by atoms with E-state index in [2.05, 4.69) is 20.6 Å². The van der Waals surface area contributed by atoms with E-state index < -0.39 is 11.9 Å². The second kappa shape index (κ2) is 6.55. The van der Waals surface area contributed by atoms with Crippen LogP contribution >= 0.6 is 0 Å². The van der Waals surface area contributed by atoms with Gasteiger partial charge >= 0.3 is 6.18 Å². The molecule has 0 amide bonds. The fourth-order valence-electron chi connectivity index (χ4n) is 1.50. The van der Waals surface area contributed by atoms with Crippen molar-refractivity contribution in [1.82, 2.24) is 9.97 Å². The number of halogens is 3. The Bertz CT molecular complexity index is 411. The molecule has 0 aliphatic carbocycles. The lowest BCUT2D eigenvalue weighted by Gasteiger charge is -2.16. The van der Waals surface area contributed by atoms with Gasteiger partial charge in [-0.15, -0.1) is 0 Å². The van der Waals surface area contributed by atoms with Gasteiger partial charge in [0.15, 0.2) is 5.69 Å². The number of anilines is 2. The molecular weight excluding hydrogens is 261 g/mol. The number of nitrogens with zero attached hydrogens (tertiary/aromatic N) is 2. The number of aromatic nitrogens is 2. The molecule has 108 valence electrons. The van der Waals surface area contributed by atoms with Crippen LogP contribution in [0.15, 0.2) is 6.07 Å². The Morgan fingerprint density at radius 2 is 2.05 bits per heavy atom. The molecule has 0 spiro atoms. The van der Waals surface area contributed by atoms with Crippen LogP contribution in [-0.4, -0.2) is 34.8 Å². The molecule has 1 atom stereocenters. The van der Waals surface area contributed by atoms with Crippen molar-refractivity contribution in [2.24, 2.45) is 0 Å². The molecule has 19 heavy (non-hydrogen) atoms. The SMILES string of the molecule is CNc1nc(NC(C)CCCO)cc(C(F)(F)F)n1. The number of aliphatic hydroxyl groups is 1. The zero-order chi connectivity index (χ0) is 14.5. The van der Waals surface area contributed by atoms with Crippen LogP contribution in [0, 0.1) is 0 Å². The van der Waals surface area contributed by atoms with Gasteiger partial charge in [-0.1, -0.05) is 0 Å². The second-order valence-corrected chi connectivity index (χ2v) is 4.12. The Kier molecular flexibility index (Phi) is 5.34. The third kappa shape index (κ3) is 4.90. The van der Waals surface area contributed by atoms with Gasteiger partial charge in [-0.2, -0.15) is 18.2 Å². The van der Waals surface area contributed by atoms with Crippen molar-refractivity contribution >= 4 is 11.8 Å². The number of aliphatic hydroxyl groups excluding tert-OH is 1. The zero-order valence-corrected chi connectivity index (χ0v) is 10.8. The molecule has 1 aromatic heterocycles. The van der Waals surface area contributed by atoms with Crippen molar-refractivity contribution in [3.8, 4) is 0 Å². The molecule has 1 rings (SSSR count). The Morgan fingerprint density at radius 3 is 2.58 bits per heavy atom. The van der Waals surface area contributed by atoms with Gasteiger partial charge in [-0.25, -0.2) is 4.98 Å². The Balaban J connectivity index is 2.88. The van der Waals surface area contributed by atoms with Crippen molar-refractivity contribution in [2.45, 2.75) is 32.0 Å². The maximum Gasteiger partial charge on any atom is 0.433 e. The van der Waals surface area contributed by atoms with Gasteiger partial charge in [0.25, 0.3) is 0 Å². The van der Waals surface area contributed by atoms with Crippen molar-refractivity contribution in [3.05, 3.63) is 11.8 Å². The van der Waals surface area contributed by atoms with Crippen LogP contribution in [0.3, 0.4) is 0 Å². The van der Waals surface area contributed by atoms with E-state index in [9.17, 15) is 13.2 Å². The molecule has 0 aliphatic heterocycles. The first-order valence-electron chi connectivity index (χ1n) is 5.88. The monoisotopic (exact) mass is 278 g/mol. The highest BCUT2D eigenvalue weighted by atomic mass is 19.4. The molecule has 3 N–H and O–H groups in total. The molecule has 0 bridgehead atoms. The maximum absolute atomic E-state index is 12.6. The predicted molar refractivity (Wildman–Crippen MR) is 66.0 cm³/mol. The third-order valence-electron chi connectivity index (χ3n) is 2.43. The normalized spacial score (nSPS) is 13.2. The molecule has 0 saturated heterocycles. The number of hydrogen-bond acceptors (Lipinski definition) is 5. The summed E-state index contributed by atoms with van der Waals surface area (Å²) in [4.78, 5) is 7.28. The molecule has 0 aliphatic rings. The largest absolute Gasteiger partial charge is 0.433 e. The minimum absolute atomic E-state index is 0.0470. The van der Waals surface area contributed by atoms with Gasteiger partial charge in [0.05, 0.1) is 0 Å². The molecule has 1 aromatic rings. The van der Waals surface area contributed by atoms with Crippen molar-refractivity contribution in [1.29, 1.82) is 0 Å². The van der Waals surface area contributed by atoms with Crippen LogP contribution < -0.4 is 10.6 Å². The van der Waals surface area contributed by atoms with E-state index in [1.54, 1.807) is 0 Å². The average Bonchev–Trinajstić information content (AvgIpc) is 2.34. The molecule has 1 heterocycles. The van der Waals surface area contributed by atoms with Crippen LogP contribution in [0.4, 0.5) is 24.9 Å². The molecule has 5 nitrogen and oxygen atoms in total. The first-order valence-corrected chi connectivity index (χ1v) is 5.88. The van der Waals surface area contributed by atoms with Gasteiger partial charge in [0.1, 0.15) is 5.82 Å². The summed E-state index contributed by atoms with van der Waals surface area (Å²) in [6.45, 7) is 1.86. The first-order chi connectivity index (χ1) is 8.86. The van der Waals surface area contributed by atoms with E-state index in [0.717, 1.165) is 6.07 Å². The number of alkyl halides is 3. The Labute approximate surface area is 109 Å². The van der Waals surface area contributed by atoms with E-state index in [1.807, 2.05) is 6.92 Å². The number of hydrogen-bond donors (Lipinski definition) is 3. The minimum Gasteiger partial charge on any atom is -0.396 e. The summed E-state index contributed by atoms with van der Waals surface area (Å²) in [5.74, 6) is 0.0174. The van der Waals surface area contributed by atoms with E-state index in [1.165, 1.54) is 7.05 Å². The quantitative estimate of drug-likeness (QED) is 0.743. The van der Waals surface area contributed by atoms with E-state index in [-0.39, 0.29) is 24.4 Å². The minimum atomic E-state index is -4.51. The van der Waals surface area contributed by atoms with Crippen molar-refractivity contribution in [3.63, 3.8) is 0 Å². The Morgan fingerprint density at radius 1 is 1.37 bits per heavy atom. The summed E-state index contributed by atoms with van der Waals surface area (Å²) in [5, 5.41) is 14.1. The summed E-state index contributed by atoms with van der Waals surface area (Å²) in [7, 11) is 1.45. The predicted octanol–water partition coefficient (Wildman–Crippen LogP) is 2.11. The molecule has 0 aromatic carbocycles. The van der Waals surface area contributed by atoms with Gasteiger partial charge in [-0.3, -0.25) is 0 Å². The van der Waals surface area contributed by atoms with Crippen LogP contribution in [0.1, 0.15) is 25.5 Å². The van der Waals surface area contributed by atoms with Gasteiger partial charge in [-0.05, 0) is 19.8 Å². The van der Waals surface area contributed by atoms with E-state index in [0.29, 0.717) is 12.8 Å². The fourth-order valence-corrected chi connectivity index (χ4v) is 1.50. The molecule has 0 radical (unpaired) electrons. The maximum atomic E-state index is 12.6. The highest BCUT2D eigenvalue weighted by molar-refractivity contribution is 5.43. The summed E-state index contributed by atoms with van der Waals surface area (Å²) in [5.41, 5.74) is -0.997. The van der Waals surface area contributed by atoms with Crippen molar-refractivity contribution in [2.75, 3.05) is 24.3 Å². The molecule has 0 saturated carbocycles. The van der Waals surface area contributed by atoms with Crippen LogP contribution in [-0.2, 0) is 6.18 Å². The number of nitrogens with one attached hydrogen (secondary N) is 2. The smallest absolute Gasteiger partial charge is 0.396 e. The average molecular weight is 278 g/mol. The molecule has 8 heteroatoms. The zero-order valence-electron chi connectivity index (χ0n) is 10.8. The van der Waals surface area contributed by atoms with Crippen LogP contribution in [0.5, 0.6) is 0 Å². The number of rotatable bonds is 6. The third-order valence-corrected chi connectivity index (χ3v) is 2.43. The fraction of sp³-hybridized carbons (Fsp3) is 0.636. The highest BCUT2D eigenvalue weighted by Gasteiger charge is 2.33. The highest BCUT2D eigenvalue weighted by Crippen LogP contribution is 2.29. The Hall–Kier alpha value is -1.57. The summed E-state index contributed by atoms with van der Waals surface area (Å²) < 4.78 is 37.9. The lowest BCUT2D eigenvalue weighted by molar-refractivity contribution is -0.141. The van der Waals surface area contributed by atoms with Crippen LogP contribution in [0.25, 0.3) is 0 Å². The van der Waals surface area contributed by atoms with E-state index in [4.69, 9.17) is 5.11 Å². The van der Waals surface area contributed by atoms with Gasteiger partial charge in [0, 0.05) is 25.8 Å². The molecular formula is C11H17F3N4O.